The Hall–Kier alpha value is -1.80. The summed E-state index contributed by atoms with van der Waals surface area (Å²) in [5, 5.41) is 7.83. The van der Waals surface area contributed by atoms with Crippen LogP contribution in [0.25, 0.3) is 0 Å². The molecule has 7 nitrogen and oxygen atoms in total. The minimum atomic E-state index is -0.0975. The molecule has 0 aliphatic carbocycles. The molecule has 8 heteroatoms. The SMILES string of the molecule is Cc1nc(C(C)C)sc1C(=O)NCCc1noc([C@@H]2CCCO2)n1. The highest BCUT2D eigenvalue weighted by Gasteiger charge is 2.24. The quantitative estimate of drug-likeness (QED) is 0.861. The highest BCUT2D eigenvalue weighted by molar-refractivity contribution is 7.13. The Kier molecular flexibility index (Phi) is 5.25. The summed E-state index contributed by atoms with van der Waals surface area (Å²) in [5.41, 5.74) is 0.779. The molecule has 1 aliphatic heterocycles. The first kappa shape index (κ1) is 17.0. The summed E-state index contributed by atoms with van der Waals surface area (Å²) in [7, 11) is 0. The number of hydrogen-bond donors (Lipinski definition) is 1. The normalized spacial score (nSPS) is 17.6. The van der Waals surface area contributed by atoms with Gasteiger partial charge in [-0.25, -0.2) is 4.98 Å². The number of aromatic nitrogens is 3. The average molecular weight is 350 g/mol. The van der Waals surface area contributed by atoms with E-state index in [9.17, 15) is 4.79 Å². The van der Waals surface area contributed by atoms with E-state index in [4.69, 9.17) is 9.26 Å². The Morgan fingerprint density at radius 2 is 2.25 bits per heavy atom. The van der Waals surface area contributed by atoms with Crippen molar-refractivity contribution in [2.24, 2.45) is 0 Å². The Bertz CT molecular complexity index is 704. The molecule has 3 heterocycles. The van der Waals surface area contributed by atoms with Crippen molar-refractivity contribution in [3.05, 3.63) is 27.3 Å². The van der Waals surface area contributed by atoms with Gasteiger partial charge in [0.2, 0.25) is 0 Å². The van der Waals surface area contributed by atoms with Gasteiger partial charge in [0, 0.05) is 25.5 Å². The van der Waals surface area contributed by atoms with Gasteiger partial charge in [-0.2, -0.15) is 4.98 Å². The van der Waals surface area contributed by atoms with Crippen molar-refractivity contribution in [1.29, 1.82) is 0 Å². The van der Waals surface area contributed by atoms with E-state index in [0.717, 1.165) is 30.2 Å². The Balaban J connectivity index is 1.52. The van der Waals surface area contributed by atoms with Gasteiger partial charge in [-0.1, -0.05) is 19.0 Å². The van der Waals surface area contributed by atoms with E-state index in [0.29, 0.717) is 35.5 Å². The number of hydrogen-bond acceptors (Lipinski definition) is 7. The molecule has 0 radical (unpaired) electrons. The predicted molar refractivity (Wildman–Crippen MR) is 89.2 cm³/mol. The molecule has 1 N–H and O–H groups in total. The number of carbonyl (C=O) groups excluding carboxylic acids is 1. The maximum atomic E-state index is 12.3. The molecule has 1 atom stereocenters. The Morgan fingerprint density at radius 1 is 1.42 bits per heavy atom. The molecular formula is C16H22N4O3S. The summed E-state index contributed by atoms with van der Waals surface area (Å²) in [6.45, 7) is 7.21. The lowest BCUT2D eigenvalue weighted by Crippen LogP contribution is -2.25. The second-order valence-corrected chi connectivity index (χ2v) is 7.21. The van der Waals surface area contributed by atoms with Gasteiger partial charge in [0.15, 0.2) is 5.82 Å². The molecule has 24 heavy (non-hydrogen) atoms. The van der Waals surface area contributed by atoms with Gasteiger partial charge in [0.1, 0.15) is 11.0 Å². The molecule has 1 aliphatic rings. The monoisotopic (exact) mass is 350 g/mol. The molecule has 1 fully saturated rings. The number of carbonyl (C=O) groups is 1. The van der Waals surface area contributed by atoms with Gasteiger partial charge >= 0.3 is 0 Å². The first-order valence-electron chi connectivity index (χ1n) is 8.24. The number of thiazole rings is 1. The third kappa shape index (κ3) is 3.81. The van der Waals surface area contributed by atoms with Crippen LogP contribution in [0.2, 0.25) is 0 Å². The first-order valence-corrected chi connectivity index (χ1v) is 9.06. The van der Waals surface area contributed by atoms with Gasteiger partial charge in [-0.3, -0.25) is 4.79 Å². The number of nitrogens with zero attached hydrogens (tertiary/aromatic N) is 3. The largest absolute Gasteiger partial charge is 0.368 e. The fourth-order valence-electron chi connectivity index (χ4n) is 2.52. The van der Waals surface area contributed by atoms with Gasteiger partial charge < -0.3 is 14.6 Å². The van der Waals surface area contributed by atoms with Gasteiger partial charge in [-0.15, -0.1) is 11.3 Å². The second kappa shape index (κ2) is 7.40. The van der Waals surface area contributed by atoms with Crippen LogP contribution in [0, 0.1) is 6.92 Å². The fourth-order valence-corrected chi connectivity index (χ4v) is 3.50. The zero-order chi connectivity index (χ0) is 17.1. The zero-order valence-corrected chi connectivity index (χ0v) is 15.0. The van der Waals surface area contributed by atoms with Crippen molar-refractivity contribution in [2.75, 3.05) is 13.2 Å². The van der Waals surface area contributed by atoms with Crippen LogP contribution in [-0.2, 0) is 11.2 Å². The Morgan fingerprint density at radius 3 is 2.92 bits per heavy atom. The lowest BCUT2D eigenvalue weighted by atomic mass is 10.2. The molecule has 1 saturated heterocycles. The number of rotatable bonds is 6. The van der Waals surface area contributed by atoms with Crippen molar-refractivity contribution >= 4 is 17.2 Å². The van der Waals surface area contributed by atoms with Gasteiger partial charge in [0.25, 0.3) is 11.8 Å². The minimum Gasteiger partial charge on any atom is -0.368 e. The lowest BCUT2D eigenvalue weighted by Gasteiger charge is -2.02. The number of ether oxygens (including phenoxy) is 1. The highest BCUT2D eigenvalue weighted by atomic mass is 32.1. The third-order valence-corrected chi connectivity index (χ3v) is 5.29. The summed E-state index contributed by atoms with van der Waals surface area (Å²) in [6, 6.07) is 0. The second-order valence-electron chi connectivity index (χ2n) is 6.18. The third-order valence-electron chi connectivity index (χ3n) is 3.84. The van der Waals surface area contributed by atoms with E-state index >= 15 is 0 Å². The molecule has 0 aromatic carbocycles. The molecule has 1 amide bonds. The van der Waals surface area contributed by atoms with Crippen molar-refractivity contribution < 1.29 is 14.1 Å². The summed E-state index contributed by atoms with van der Waals surface area (Å²) in [5.74, 6) is 1.35. The molecule has 3 rings (SSSR count). The highest BCUT2D eigenvalue weighted by Crippen LogP contribution is 2.27. The van der Waals surface area contributed by atoms with Crippen LogP contribution in [0.15, 0.2) is 4.52 Å². The van der Waals surface area contributed by atoms with Crippen molar-refractivity contribution in [1.82, 2.24) is 20.4 Å². The lowest BCUT2D eigenvalue weighted by molar-refractivity contribution is 0.0835. The molecule has 0 unspecified atom stereocenters. The number of amides is 1. The molecule has 0 spiro atoms. The van der Waals surface area contributed by atoms with E-state index in [1.54, 1.807) is 0 Å². The van der Waals surface area contributed by atoms with E-state index in [1.807, 2.05) is 6.92 Å². The van der Waals surface area contributed by atoms with Crippen molar-refractivity contribution in [3.63, 3.8) is 0 Å². The molecule has 0 saturated carbocycles. The molecule has 0 bridgehead atoms. The molecule has 130 valence electrons. The van der Waals surface area contributed by atoms with Crippen LogP contribution >= 0.6 is 11.3 Å². The van der Waals surface area contributed by atoms with E-state index in [1.165, 1.54) is 11.3 Å². The maximum Gasteiger partial charge on any atom is 0.263 e. The summed E-state index contributed by atoms with van der Waals surface area (Å²) < 4.78 is 10.7. The van der Waals surface area contributed by atoms with Crippen molar-refractivity contribution in [2.45, 2.75) is 52.1 Å². The Labute approximate surface area is 144 Å². The standard InChI is InChI=1S/C16H22N4O3S/c1-9(2)16-18-10(3)13(24-16)14(21)17-7-6-12-19-15(23-20-12)11-5-4-8-22-11/h9,11H,4-8H2,1-3H3,(H,17,21)/t11-/m0/s1. The average Bonchev–Trinajstić information content (AvgIpc) is 3.26. The zero-order valence-electron chi connectivity index (χ0n) is 14.2. The molecule has 2 aromatic rings. The summed E-state index contributed by atoms with van der Waals surface area (Å²) in [4.78, 5) is 21.7. The number of aryl methyl sites for hydroxylation is 1. The van der Waals surface area contributed by atoms with Crippen LogP contribution in [0.1, 0.15) is 70.8 Å². The van der Waals surface area contributed by atoms with Gasteiger partial charge in [-0.05, 0) is 19.8 Å². The van der Waals surface area contributed by atoms with Crippen molar-refractivity contribution in [3.8, 4) is 0 Å². The molecular weight excluding hydrogens is 328 g/mol. The molecule has 2 aromatic heterocycles. The van der Waals surface area contributed by atoms with Gasteiger partial charge in [0.05, 0.1) is 10.7 Å². The van der Waals surface area contributed by atoms with E-state index in [2.05, 4.69) is 34.3 Å². The first-order chi connectivity index (χ1) is 11.5. The fraction of sp³-hybridized carbons (Fsp3) is 0.625. The minimum absolute atomic E-state index is 0.0739. The number of nitrogens with one attached hydrogen (secondary N) is 1. The van der Waals surface area contributed by atoms with Crippen LogP contribution in [0.5, 0.6) is 0 Å². The van der Waals surface area contributed by atoms with Crippen LogP contribution in [-0.4, -0.2) is 34.2 Å². The van der Waals surface area contributed by atoms with E-state index < -0.39 is 0 Å². The summed E-state index contributed by atoms with van der Waals surface area (Å²) >= 11 is 1.45. The van der Waals surface area contributed by atoms with Crippen LogP contribution < -0.4 is 5.32 Å². The van der Waals surface area contributed by atoms with Crippen LogP contribution in [0.4, 0.5) is 0 Å². The van der Waals surface area contributed by atoms with E-state index in [-0.39, 0.29) is 12.0 Å². The maximum absolute atomic E-state index is 12.3. The van der Waals surface area contributed by atoms with Crippen LogP contribution in [0.3, 0.4) is 0 Å². The summed E-state index contributed by atoms with van der Waals surface area (Å²) in [6.07, 6.45) is 2.39. The topological polar surface area (TPSA) is 90.1 Å². The predicted octanol–water partition coefficient (Wildman–Crippen LogP) is 2.78. The smallest absolute Gasteiger partial charge is 0.263 e.